The molecule has 57 heavy (non-hydrogen) atoms. The van der Waals surface area contributed by atoms with Crippen LogP contribution in [-0.2, 0) is 30.3 Å². The van der Waals surface area contributed by atoms with Crippen LogP contribution in [0, 0.1) is 0 Å². The fourth-order valence-electron chi connectivity index (χ4n) is 6.16. The van der Waals surface area contributed by atoms with Gasteiger partial charge in [0.15, 0.2) is 17.0 Å². The summed E-state index contributed by atoms with van der Waals surface area (Å²) in [5.74, 6) is -1.57. The number of amidine groups is 1. The number of nitrogens with zero attached hydrogens (tertiary/aromatic N) is 4. The van der Waals surface area contributed by atoms with Gasteiger partial charge in [0.25, 0.3) is 11.8 Å². The molecule has 4 amide bonds. The van der Waals surface area contributed by atoms with E-state index < -0.39 is 49.9 Å². The van der Waals surface area contributed by atoms with E-state index in [0.29, 0.717) is 17.2 Å². The summed E-state index contributed by atoms with van der Waals surface area (Å²) >= 11 is 19.0. The van der Waals surface area contributed by atoms with Crippen LogP contribution in [-0.4, -0.2) is 48.4 Å². The van der Waals surface area contributed by atoms with Crippen molar-refractivity contribution in [1.29, 1.82) is 0 Å². The van der Waals surface area contributed by atoms with Gasteiger partial charge in [-0.05, 0) is 84.2 Å². The molecule has 0 radical (unpaired) electrons. The number of nitrogens with one attached hydrogen (secondary N) is 1. The minimum Gasteiger partial charge on any atom is -0.480 e. The summed E-state index contributed by atoms with van der Waals surface area (Å²) in [6.45, 7) is 14.8. The van der Waals surface area contributed by atoms with Crippen molar-refractivity contribution >= 4 is 85.4 Å². The first kappa shape index (κ1) is 43.4. The Morgan fingerprint density at radius 2 is 1.60 bits per heavy atom. The van der Waals surface area contributed by atoms with Gasteiger partial charge in [0.2, 0.25) is 15.1 Å². The van der Waals surface area contributed by atoms with Gasteiger partial charge in [0.05, 0.1) is 15.7 Å². The Balaban J connectivity index is 1.53. The van der Waals surface area contributed by atoms with Gasteiger partial charge in [0, 0.05) is 22.5 Å². The SMILES string of the molecule is CCC(Oc1ccc(C(C)(C)CC)cc1C(C)(C)CC)C(=O)Nc1cccc(N(C(N)=O)C2=NN(c3c(Cl)cc(Cl)cc3Cl)C(=O)C2S(=O)(=O)c2ccccn2)c1. The standard InChI is InChI=1S/C41H45Cl3N6O6S/c1-8-31(56-32-18-17-24(40(4,5)9-2)20-28(32)41(6,7)10-3)37(51)47-26-14-13-15-27(23-26)49(39(45)53)36-35(57(54,55)33-16-11-12-19-46-33)38(52)50(48-36)34-29(43)21-25(42)22-30(34)44/h11-23,31,35H,8-10H2,1-7H3,(H2,45,53)(H,47,51). The van der Waals surface area contributed by atoms with E-state index >= 15 is 0 Å². The molecule has 1 aromatic heterocycles. The van der Waals surface area contributed by atoms with Gasteiger partial charge in [-0.15, -0.1) is 5.10 Å². The Morgan fingerprint density at radius 3 is 2.18 bits per heavy atom. The number of pyridine rings is 1. The van der Waals surface area contributed by atoms with E-state index in [1.54, 1.807) is 6.07 Å². The molecule has 0 saturated carbocycles. The number of benzene rings is 3. The van der Waals surface area contributed by atoms with Gasteiger partial charge >= 0.3 is 6.03 Å². The minimum atomic E-state index is -4.68. The van der Waals surface area contributed by atoms with E-state index in [1.165, 1.54) is 60.3 Å². The predicted octanol–water partition coefficient (Wildman–Crippen LogP) is 9.30. The third-order valence-electron chi connectivity index (χ3n) is 10.3. The quantitative estimate of drug-likeness (QED) is 0.135. The normalized spacial score (nSPS) is 15.3. The maximum absolute atomic E-state index is 14.1. The van der Waals surface area contributed by atoms with E-state index in [1.807, 2.05) is 19.1 Å². The molecule has 2 atom stereocenters. The number of ether oxygens (including phenoxy) is 1. The number of primary amides is 1. The van der Waals surface area contributed by atoms with Crippen LogP contribution in [0.3, 0.4) is 0 Å². The lowest BCUT2D eigenvalue weighted by molar-refractivity contribution is -0.123. The number of aromatic nitrogens is 1. The van der Waals surface area contributed by atoms with E-state index in [4.69, 9.17) is 45.3 Å². The smallest absolute Gasteiger partial charge is 0.324 e. The highest BCUT2D eigenvalue weighted by molar-refractivity contribution is 7.93. The van der Waals surface area contributed by atoms with Crippen LogP contribution in [0.1, 0.15) is 78.9 Å². The molecular weight excluding hydrogens is 811 g/mol. The van der Waals surface area contributed by atoms with Crippen LogP contribution in [0.25, 0.3) is 0 Å². The topological polar surface area (TPSA) is 164 Å². The molecule has 2 unspecified atom stereocenters. The Kier molecular flexibility index (Phi) is 13.0. The largest absolute Gasteiger partial charge is 0.480 e. The summed E-state index contributed by atoms with van der Waals surface area (Å²) in [7, 11) is -4.68. The molecule has 5 rings (SSSR count). The van der Waals surface area contributed by atoms with Gasteiger partial charge in [-0.1, -0.05) is 108 Å². The summed E-state index contributed by atoms with van der Waals surface area (Å²) in [6.07, 6.45) is 2.44. The van der Waals surface area contributed by atoms with Crippen molar-refractivity contribution in [3.05, 3.63) is 105 Å². The van der Waals surface area contributed by atoms with Gasteiger partial charge in [-0.3, -0.25) is 9.59 Å². The number of carbonyl (C=O) groups is 3. The van der Waals surface area contributed by atoms with Crippen molar-refractivity contribution in [2.75, 3.05) is 15.2 Å². The lowest BCUT2D eigenvalue weighted by atomic mass is 9.76. The van der Waals surface area contributed by atoms with Gasteiger partial charge < -0.3 is 15.8 Å². The summed E-state index contributed by atoms with van der Waals surface area (Å²) in [5, 5.41) is 5.17. The zero-order valence-corrected chi connectivity index (χ0v) is 35.7. The predicted molar refractivity (Wildman–Crippen MR) is 227 cm³/mol. The Labute approximate surface area is 348 Å². The molecular formula is C41H45Cl3N6O6S. The molecule has 0 bridgehead atoms. The van der Waals surface area contributed by atoms with Crippen molar-refractivity contribution in [1.82, 2.24) is 4.98 Å². The van der Waals surface area contributed by atoms with Crippen molar-refractivity contribution in [3.8, 4) is 5.75 Å². The average Bonchev–Trinajstić information content (AvgIpc) is 3.49. The fraction of sp³-hybridized carbons (Fsp3) is 0.341. The summed E-state index contributed by atoms with van der Waals surface area (Å²) < 4.78 is 34.7. The highest BCUT2D eigenvalue weighted by atomic mass is 35.5. The number of amides is 4. The number of carbonyl (C=O) groups excluding carboxylic acids is 3. The number of rotatable bonds is 13. The van der Waals surface area contributed by atoms with Crippen LogP contribution in [0.2, 0.25) is 15.1 Å². The highest BCUT2D eigenvalue weighted by Gasteiger charge is 2.51. The monoisotopic (exact) mass is 854 g/mol. The van der Waals surface area contributed by atoms with E-state index in [9.17, 15) is 22.8 Å². The molecule has 0 spiro atoms. The second-order valence-corrected chi connectivity index (χ2v) is 18.1. The maximum Gasteiger partial charge on any atom is 0.324 e. The summed E-state index contributed by atoms with van der Waals surface area (Å²) in [4.78, 5) is 46.0. The summed E-state index contributed by atoms with van der Waals surface area (Å²) in [6, 6.07) is 17.6. The number of halogens is 3. The van der Waals surface area contributed by atoms with E-state index in [0.717, 1.165) is 23.3 Å². The van der Waals surface area contributed by atoms with Crippen LogP contribution in [0.4, 0.5) is 21.9 Å². The van der Waals surface area contributed by atoms with Gasteiger partial charge in [-0.25, -0.2) is 23.1 Å². The molecule has 4 aromatic rings. The molecule has 3 N–H and O–H groups in total. The van der Waals surface area contributed by atoms with Gasteiger partial charge in [0.1, 0.15) is 11.4 Å². The lowest BCUT2D eigenvalue weighted by Gasteiger charge is -2.31. The highest BCUT2D eigenvalue weighted by Crippen LogP contribution is 2.41. The molecule has 0 saturated heterocycles. The molecule has 2 heterocycles. The molecule has 3 aromatic carbocycles. The van der Waals surface area contributed by atoms with Crippen LogP contribution in [0.15, 0.2) is 89.1 Å². The average molecular weight is 856 g/mol. The van der Waals surface area contributed by atoms with Crippen molar-refractivity contribution in [3.63, 3.8) is 0 Å². The zero-order valence-electron chi connectivity index (χ0n) is 32.6. The summed E-state index contributed by atoms with van der Waals surface area (Å²) in [5.41, 5.74) is 7.79. The fourth-order valence-corrected chi connectivity index (χ4v) is 8.65. The molecule has 1 aliphatic rings. The molecule has 12 nitrogen and oxygen atoms in total. The number of anilines is 3. The molecule has 302 valence electrons. The number of nitrogens with two attached hydrogens (primary N) is 1. The number of hydrogen-bond donors (Lipinski definition) is 2. The second-order valence-electron chi connectivity index (χ2n) is 14.8. The lowest BCUT2D eigenvalue weighted by Crippen LogP contribution is -2.50. The van der Waals surface area contributed by atoms with Crippen LogP contribution in [0.5, 0.6) is 5.75 Å². The molecule has 1 aliphatic heterocycles. The number of hydrazone groups is 1. The number of sulfone groups is 1. The van der Waals surface area contributed by atoms with Crippen molar-refractivity contribution < 1.29 is 27.5 Å². The Morgan fingerprint density at radius 1 is 0.930 bits per heavy atom. The van der Waals surface area contributed by atoms with Crippen LogP contribution >= 0.6 is 34.8 Å². The Bertz CT molecular complexity index is 2320. The molecule has 0 fully saturated rings. The molecule has 0 aliphatic carbocycles. The number of hydrogen-bond acceptors (Lipinski definition) is 8. The zero-order chi connectivity index (χ0) is 42.0. The van der Waals surface area contributed by atoms with E-state index in [-0.39, 0.29) is 43.0 Å². The number of urea groups is 1. The van der Waals surface area contributed by atoms with E-state index in [2.05, 4.69) is 63.0 Å². The van der Waals surface area contributed by atoms with Crippen molar-refractivity contribution in [2.45, 2.75) is 94.9 Å². The third kappa shape index (κ3) is 8.91. The maximum atomic E-state index is 14.1. The van der Waals surface area contributed by atoms with Crippen LogP contribution < -0.4 is 25.7 Å². The molecule has 16 heteroatoms. The first-order chi connectivity index (χ1) is 26.8. The van der Waals surface area contributed by atoms with Gasteiger partial charge in [-0.2, -0.15) is 5.01 Å². The minimum absolute atomic E-state index is 0.0155. The first-order valence-electron chi connectivity index (χ1n) is 18.3. The first-order valence-corrected chi connectivity index (χ1v) is 21.0. The third-order valence-corrected chi connectivity index (χ3v) is 13.0. The Hall–Kier alpha value is -4.69. The second kappa shape index (κ2) is 17.0. The van der Waals surface area contributed by atoms with Crippen molar-refractivity contribution in [2.24, 2.45) is 10.8 Å².